The molecule has 3 nitrogen and oxygen atoms in total. The summed E-state index contributed by atoms with van der Waals surface area (Å²) in [4.78, 5) is 2.34. The van der Waals surface area contributed by atoms with Gasteiger partial charge in [-0.25, -0.2) is 0 Å². The van der Waals surface area contributed by atoms with Crippen LogP contribution in [0.4, 0.5) is 5.69 Å². The van der Waals surface area contributed by atoms with Crippen molar-refractivity contribution in [2.75, 3.05) is 30.3 Å². The standard InChI is InChI=1S/C15H18N2OS/c16-15-10-13-4-2-1-3-12(13)9-14(15)11-17-5-7-19(18)8-6-17/h1-4,9-10H,5-8,11,16H2. The van der Waals surface area contributed by atoms with E-state index >= 15 is 0 Å². The van der Waals surface area contributed by atoms with E-state index in [-0.39, 0.29) is 0 Å². The molecule has 2 aromatic rings. The van der Waals surface area contributed by atoms with Crippen molar-refractivity contribution in [2.24, 2.45) is 0 Å². The van der Waals surface area contributed by atoms with Gasteiger partial charge in [-0.1, -0.05) is 24.3 Å². The first-order valence-corrected chi connectivity index (χ1v) is 8.06. The number of nitrogens with two attached hydrogens (primary N) is 1. The Hall–Kier alpha value is -1.39. The average molecular weight is 274 g/mol. The average Bonchev–Trinajstić information content (AvgIpc) is 2.42. The SMILES string of the molecule is Nc1cc2ccccc2cc1CN1CCS(=O)CC1. The van der Waals surface area contributed by atoms with Crippen molar-refractivity contribution in [1.29, 1.82) is 0 Å². The van der Waals surface area contributed by atoms with Crippen LogP contribution in [-0.4, -0.2) is 33.7 Å². The highest BCUT2D eigenvalue weighted by molar-refractivity contribution is 7.85. The Labute approximate surface area is 115 Å². The summed E-state index contributed by atoms with van der Waals surface area (Å²) in [5.74, 6) is 1.57. The third-order valence-corrected chi connectivity index (χ3v) is 4.95. The lowest BCUT2D eigenvalue weighted by Crippen LogP contribution is -2.37. The van der Waals surface area contributed by atoms with Gasteiger partial charge in [0.25, 0.3) is 0 Å². The zero-order chi connectivity index (χ0) is 13.2. The van der Waals surface area contributed by atoms with Crippen molar-refractivity contribution < 1.29 is 4.21 Å². The summed E-state index contributed by atoms with van der Waals surface area (Å²) in [6.07, 6.45) is 0. The summed E-state index contributed by atoms with van der Waals surface area (Å²) in [6.45, 7) is 2.66. The molecule has 0 saturated carbocycles. The molecule has 1 heterocycles. The Balaban J connectivity index is 1.84. The molecule has 1 aliphatic rings. The van der Waals surface area contributed by atoms with Gasteiger partial charge in [0.2, 0.25) is 0 Å². The van der Waals surface area contributed by atoms with E-state index in [1.165, 1.54) is 16.3 Å². The molecule has 1 saturated heterocycles. The molecule has 1 fully saturated rings. The molecule has 1 aliphatic heterocycles. The Morgan fingerprint density at radius 3 is 2.42 bits per heavy atom. The number of anilines is 1. The van der Waals surface area contributed by atoms with E-state index in [9.17, 15) is 4.21 Å². The molecule has 19 heavy (non-hydrogen) atoms. The molecule has 0 radical (unpaired) electrons. The third-order valence-electron chi connectivity index (χ3n) is 3.67. The van der Waals surface area contributed by atoms with Gasteiger partial charge in [-0.15, -0.1) is 0 Å². The summed E-state index contributed by atoms with van der Waals surface area (Å²) >= 11 is 0. The third kappa shape index (κ3) is 2.80. The number of rotatable bonds is 2. The van der Waals surface area contributed by atoms with E-state index < -0.39 is 10.8 Å². The maximum atomic E-state index is 11.4. The molecule has 0 aromatic heterocycles. The number of fused-ring (bicyclic) bond motifs is 1. The Kier molecular flexibility index (Phi) is 3.53. The Morgan fingerprint density at radius 2 is 1.74 bits per heavy atom. The van der Waals surface area contributed by atoms with Crippen LogP contribution in [0.3, 0.4) is 0 Å². The largest absolute Gasteiger partial charge is 0.398 e. The van der Waals surface area contributed by atoms with Crippen LogP contribution >= 0.6 is 0 Å². The Bertz CT molecular complexity index is 617. The van der Waals surface area contributed by atoms with Crippen LogP contribution in [0.1, 0.15) is 5.56 Å². The molecular formula is C15H18N2OS. The van der Waals surface area contributed by atoms with Crippen molar-refractivity contribution in [1.82, 2.24) is 4.90 Å². The summed E-state index contributed by atoms with van der Waals surface area (Å²) in [7, 11) is -0.619. The minimum atomic E-state index is -0.619. The maximum absolute atomic E-state index is 11.4. The van der Waals surface area contributed by atoms with Crippen LogP contribution in [0.15, 0.2) is 36.4 Å². The molecule has 0 unspecified atom stereocenters. The van der Waals surface area contributed by atoms with Gasteiger partial charge < -0.3 is 5.73 Å². The van der Waals surface area contributed by atoms with Gasteiger partial charge in [0.1, 0.15) is 0 Å². The lowest BCUT2D eigenvalue weighted by atomic mass is 10.0. The molecule has 0 amide bonds. The first kappa shape index (κ1) is 12.6. The van der Waals surface area contributed by atoms with Gasteiger partial charge in [0.05, 0.1) is 0 Å². The van der Waals surface area contributed by atoms with Crippen LogP contribution in [-0.2, 0) is 17.3 Å². The van der Waals surface area contributed by atoms with Crippen molar-refractivity contribution in [3.8, 4) is 0 Å². The van der Waals surface area contributed by atoms with Crippen LogP contribution < -0.4 is 5.73 Å². The van der Waals surface area contributed by atoms with E-state index in [0.29, 0.717) is 0 Å². The second kappa shape index (κ2) is 5.31. The highest BCUT2D eigenvalue weighted by Gasteiger charge is 2.16. The van der Waals surface area contributed by atoms with Crippen LogP contribution in [0, 0.1) is 0 Å². The normalized spacial score (nSPS) is 17.9. The molecule has 100 valence electrons. The van der Waals surface area contributed by atoms with E-state index in [1.54, 1.807) is 0 Å². The first-order valence-electron chi connectivity index (χ1n) is 6.57. The van der Waals surface area contributed by atoms with Gasteiger partial charge in [0, 0.05) is 47.6 Å². The molecular weight excluding hydrogens is 256 g/mol. The highest BCUT2D eigenvalue weighted by Crippen LogP contribution is 2.23. The van der Waals surface area contributed by atoms with Crippen LogP contribution in [0.25, 0.3) is 10.8 Å². The minimum absolute atomic E-state index is 0.619. The topological polar surface area (TPSA) is 46.3 Å². The number of hydrogen-bond donors (Lipinski definition) is 1. The molecule has 0 aliphatic carbocycles. The van der Waals surface area contributed by atoms with Gasteiger partial charge in [-0.3, -0.25) is 9.11 Å². The summed E-state index contributed by atoms with van der Waals surface area (Å²) in [5, 5.41) is 2.41. The van der Waals surface area contributed by atoms with Gasteiger partial charge in [-0.05, 0) is 28.5 Å². The van der Waals surface area contributed by atoms with Gasteiger partial charge in [-0.2, -0.15) is 0 Å². The van der Waals surface area contributed by atoms with E-state index in [0.717, 1.165) is 36.8 Å². The molecule has 4 heteroatoms. The predicted octanol–water partition coefficient (Wildman–Crippen LogP) is 1.99. The van der Waals surface area contributed by atoms with Crippen molar-refractivity contribution >= 4 is 27.3 Å². The monoisotopic (exact) mass is 274 g/mol. The summed E-state index contributed by atoms with van der Waals surface area (Å²) in [5.41, 5.74) is 8.17. The van der Waals surface area contributed by atoms with Gasteiger partial charge >= 0.3 is 0 Å². The molecule has 0 bridgehead atoms. The van der Waals surface area contributed by atoms with Crippen molar-refractivity contribution in [3.05, 3.63) is 42.0 Å². The number of nitrogen functional groups attached to an aromatic ring is 1. The lowest BCUT2D eigenvalue weighted by Gasteiger charge is -2.26. The summed E-state index contributed by atoms with van der Waals surface area (Å²) < 4.78 is 11.4. The molecule has 2 aromatic carbocycles. The number of hydrogen-bond acceptors (Lipinski definition) is 3. The van der Waals surface area contributed by atoms with Crippen LogP contribution in [0.5, 0.6) is 0 Å². The quantitative estimate of drug-likeness (QED) is 0.852. The molecule has 3 rings (SSSR count). The zero-order valence-electron chi connectivity index (χ0n) is 10.8. The van der Waals surface area contributed by atoms with E-state index in [1.807, 2.05) is 18.2 Å². The van der Waals surface area contributed by atoms with E-state index in [2.05, 4.69) is 23.1 Å². The summed E-state index contributed by atoms with van der Waals surface area (Å²) in [6, 6.07) is 12.5. The highest BCUT2D eigenvalue weighted by atomic mass is 32.2. The smallest absolute Gasteiger partial charge is 0.0366 e. The minimum Gasteiger partial charge on any atom is -0.398 e. The predicted molar refractivity (Wildman–Crippen MR) is 81.5 cm³/mol. The fourth-order valence-corrected chi connectivity index (χ4v) is 3.64. The second-order valence-electron chi connectivity index (χ2n) is 5.02. The second-order valence-corrected chi connectivity index (χ2v) is 6.72. The molecule has 2 N–H and O–H groups in total. The fourth-order valence-electron chi connectivity index (χ4n) is 2.52. The first-order chi connectivity index (χ1) is 9.22. The maximum Gasteiger partial charge on any atom is 0.0366 e. The lowest BCUT2D eigenvalue weighted by molar-refractivity contribution is 0.292. The molecule has 0 spiro atoms. The fraction of sp³-hybridized carbons (Fsp3) is 0.333. The number of nitrogens with zero attached hydrogens (tertiary/aromatic N) is 1. The number of benzene rings is 2. The van der Waals surface area contributed by atoms with Crippen molar-refractivity contribution in [2.45, 2.75) is 6.54 Å². The molecule has 0 atom stereocenters. The van der Waals surface area contributed by atoms with Crippen LogP contribution in [0.2, 0.25) is 0 Å². The van der Waals surface area contributed by atoms with Crippen molar-refractivity contribution in [3.63, 3.8) is 0 Å². The zero-order valence-corrected chi connectivity index (χ0v) is 11.7. The Morgan fingerprint density at radius 1 is 1.11 bits per heavy atom. The van der Waals surface area contributed by atoms with E-state index in [4.69, 9.17) is 5.73 Å². The van der Waals surface area contributed by atoms with Gasteiger partial charge in [0.15, 0.2) is 0 Å².